The minimum Gasteiger partial charge on any atom is -0.465 e. The molecule has 0 aromatic rings. The number of rotatable bonds is 8. The van der Waals surface area contributed by atoms with Crippen molar-refractivity contribution in [2.75, 3.05) is 6.61 Å². The maximum absolute atomic E-state index is 11.1. The molecular weight excluding hydrogens is 176 g/mol. The summed E-state index contributed by atoms with van der Waals surface area (Å²) in [5.41, 5.74) is 0. The Labute approximate surface area is 87.3 Å². The van der Waals surface area contributed by atoms with Gasteiger partial charge in [-0.05, 0) is 12.8 Å². The van der Waals surface area contributed by atoms with Crippen LogP contribution in [-0.4, -0.2) is 12.6 Å². The van der Waals surface area contributed by atoms with Gasteiger partial charge in [0.25, 0.3) is 0 Å². The fourth-order valence-corrected chi connectivity index (χ4v) is 1.01. The van der Waals surface area contributed by atoms with E-state index in [4.69, 9.17) is 4.74 Å². The molecule has 2 nitrogen and oxygen atoms in total. The molecule has 0 aromatic carbocycles. The Morgan fingerprint density at radius 1 is 1.14 bits per heavy atom. The van der Waals surface area contributed by atoms with Gasteiger partial charge in [0.05, 0.1) is 13.0 Å². The first-order valence-corrected chi connectivity index (χ1v) is 5.61. The molecule has 0 aromatic heterocycles. The Hall–Kier alpha value is -0.790. The second-order valence-electron chi connectivity index (χ2n) is 3.39. The average Bonchev–Trinajstić information content (AvgIpc) is 2.18. The molecule has 0 atom stereocenters. The van der Waals surface area contributed by atoms with Crippen LogP contribution in [0.4, 0.5) is 0 Å². The zero-order valence-electron chi connectivity index (χ0n) is 9.42. The highest BCUT2D eigenvalue weighted by Crippen LogP contribution is 1.97. The number of allylic oxidation sites excluding steroid dienone is 1. The molecule has 14 heavy (non-hydrogen) atoms. The van der Waals surface area contributed by atoms with Gasteiger partial charge in [-0.25, -0.2) is 0 Å². The lowest BCUT2D eigenvalue weighted by atomic mass is 10.2. The van der Waals surface area contributed by atoms with E-state index in [0.29, 0.717) is 13.0 Å². The molecule has 0 rings (SSSR count). The molecule has 2 heteroatoms. The Balaban J connectivity index is 3.29. The van der Waals surface area contributed by atoms with Gasteiger partial charge in [0, 0.05) is 0 Å². The van der Waals surface area contributed by atoms with Gasteiger partial charge < -0.3 is 4.74 Å². The SMILES string of the molecule is CCCCC=CCC(=O)OCCCC. The van der Waals surface area contributed by atoms with Crippen molar-refractivity contribution in [3.63, 3.8) is 0 Å². The van der Waals surface area contributed by atoms with Gasteiger partial charge in [-0.2, -0.15) is 0 Å². The van der Waals surface area contributed by atoms with Crippen LogP contribution in [0.3, 0.4) is 0 Å². The summed E-state index contributed by atoms with van der Waals surface area (Å²) in [5.74, 6) is -0.105. The highest BCUT2D eigenvalue weighted by atomic mass is 16.5. The molecular formula is C12H22O2. The van der Waals surface area contributed by atoms with Crippen molar-refractivity contribution in [3.8, 4) is 0 Å². The summed E-state index contributed by atoms with van der Waals surface area (Å²) in [7, 11) is 0. The average molecular weight is 198 g/mol. The van der Waals surface area contributed by atoms with E-state index in [1.807, 2.05) is 6.08 Å². The van der Waals surface area contributed by atoms with Crippen molar-refractivity contribution >= 4 is 5.97 Å². The summed E-state index contributed by atoms with van der Waals surface area (Å²) < 4.78 is 5.00. The van der Waals surface area contributed by atoms with E-state index in [-0.39, 0.29) is 5.97 Å². The monoisotopic (exact) mass is 198 g/mol. The van der Waals surface area contributed by atoms with Crippen LogP contribution in [0.2, 0.25) is 0 Å². The third-order valence-corrected chi connectivity index (χ3v) is 1.94. The van der Waals surface area contributed by atoms with E-state index in [1.165, 1.54) is 12.8 Å². The Bertz CT molecular complexity index is 162. The quantitative estimate of drug-likeness (QED) is 0.339. The van der Waals surface area contributed by atoms with Crippen LogP contribution >= 0.6 is 0 Å². The molecule has 0 bridgehead atoms. The first kappa shape index (κ1) is 13.2. The summed E-state index contributed by atoms with van der Waals surface area (Å²) in [5, 5.41) is 0. The molecule has 0 radical (unpaired) electrons. The standard InChI is InChI=1S/C12H22O2/c1-3-5-7-8-9-10-12(13)14-11-6-4-2/h8-9H,3-7,10-11H2,1-2H3. The lowest BCUT2D eigenvalue weighted by molar-refractivity contribution is -0.142. The number of hydrogen-bond acceptors (Lipinski definition) is 2. The number of carbonyl (C=O) groups is 1. The summed E-state index contributed by atoms with van der Waals surface area (Å²) >= 11 is 0. The zero-order chi connectivity index (χ0) is 10.6. The van der Waals surface area contributed by atoms with Crippen LogP contribution in [0, 0.1) is 0 Å². The van der Waals surface area contributed by atoms with E-state index in [0.717, 1.165) is 19.3 Å². The molecule has 0 saturated carbocycles. The van der Waals surface area contributed by atoms with E-state index in [2.05, 4.69) is 19.9 Å². The zero-order valence-corrected chi connectivity index (χ0v) is 9.42. The van der Waals surface area contributed by atoms with Crippen LogP contribution in [0.1, 0.15) is 52.4 Å². The van der Waals surface area contributed by atoms with Gasteiger partial charge in [-0.15, -0.1) is 0 Å². The number of ether oxygens (including phenoxy) is 1. The normalized spacial score (nSPS) is 10.7. The lowest BCUT2D eigenvalue weighted by Crippen LogP contribution is -2.03. The maximum Gasteiger partial charge on any atom is 0.309 e. The third kappa shape index (κ3) is 9.30. The van der Waals surface area contributed by atoms with Crippen molar-refractivity contribution in [3.05, 3.63) is 12.2 Å². The molecule has 0 aliphatic rings. The summed E-state index contributed by atoms with van der Waals surface area (Å²) in [6.45, 7) is 4.81. The van der Waals surface area contributed by atoms with Crippen LogP contribution in [0.5, 0.6) is 0 Å². The molecule has 0 fully saturated rings. The number of hydrogen-bond donors (Lipinski definition) is 0. The maximum atomic E-state index is 11.1. The smallest absolute Gasteiger partial charge is 0.309 e. The van der Waals surface area contributed by atoms with E-state index >= 15 is 0 Å². The molecule has 0 aliphatic carbocycles. The molecule has 82 valence electrons. The molecule has 0 amide bonds. The predicted molar refractivity (Wildman–Crippen MR) is 59.1 cm³/mol. The van der Waals surface area contributed by atoms with Crippen LogP contribution in [-0.2, 0) is 9.53 Å². The fourth-order valence-electron chi connectivity index (χ4n) is 1.01. The Morgan fingerprint density at radius 3 is 2.50 bits per heavy atom. The highest BCUT2D eigenvalue weighted by molar-refractivity contribution is 5.71. The molecule has 0 aliphatic heterocycles. The van der Waals surface area contributed by atoms with Gasteiger partial charge >= 0.3 is 5.97 Å². The van der Waals surface area contributed by atoms with Gasteiger partial charge in [-0.3, -0.25) is 4.79 Å². The van der Waals surface area contributed by atoms with Crippen molar-refractivity contribution < 1.29 is 9.53 Å². The number of carbonyl (C=O) groups excluding carboxylic acids is 1. The largest absolute Gasteiger partial charge is 0.465 e. The van der Waals surface area contributed by atoms with Gasteiger partial charge in [0.15, 0.2) is 0 Å². The molecule has 0 heterocycles. The second-order valence-corrected chi connectivity index (χ2v) is 3.39. The van der Waals surface area contributed by atoms with Crippen molar-refractivity contribution in [1.82, 2.24) is 0 Å². The Morgan fingerprint density at radius 2 is 1.86 bits per heavy atom. The summed E-state index contributed by atoms with van der Waals surface area (Å²) in [4.78, 5) is 11.1. The van der Waals surface area contributed by atoms with Crippen molar-refractivity contribution in [2.24, 2.45) is 0 Å². The second kappa shape index (κ2) is 10.3. The molecule has 0 unspecified atom stereocenters. The van der Waals surface area contributed by atoms with Crippen LogP contribution in [0.15, 0.2) is 12.2 Å². The molecule has 0 N–H and O–H groups in total. The van der Waals surface area contributed by atoms with Crippen molar-refractivity contribution in [1.29, 1.82) is 0 Å². The first-order chi connectivity index (χ1) is 6.81. The van der Waals surface area contributed by atoms with Gasteiger partial charge in [0.1, 0.15) is 0 Å². The topological polar surface area (TPSA) is 26.3 Å². The lowest BCUT2D eigenvalue weighted by Gasteiger charge is -2.00. The van der Waals surface area contributed by atoms with E-state index in [9.17, 15) is 4.79 Å². The number of unbranched alkanes of at least 4 members (excludes halogenated alkanes) is 3. The van der Waals surface area contributed by atoms with Gasteiger partial charge in [-0.1, -0.05) is 45.3 Å². The Kier molecular flexibility index (Phi) is 9.71. The molecule has 0 spiro atoms. The third-order valence-electron chi connectivity index (χ3n) is 1.94. The predicted octanol–water partition coefficient (Wildman–Crippen LogP) is 3.47. The van der Waals surface area contributed by atoms with Crippen LogP contribution in [0.25, 0.3) is 0 Å². The summed E-state index contributed by atoms with van der Waals surface area (Å²) in [6.07, 6.45) is 9.89. The highest BCUT2D eigenvalue weighted by Gasteiger charge is 1.97. The van der Waals surface area contributed by atoms with E-state index in [1.54, 1.807) is 0 Å². The number of esters is 1. The minimum atomic E-state index is -0.105. The van der Waals surface area contributed by atoms with Gasteiger partial charge in [0.2, 0.25) is 0 Å². The summed E-state index contributed by atoms with van der Waals surface area (Å²) in [6, 6.07) is 0. The molecule has 0 saturated heterocycles. The fraction of sp³-hybridized carbons (Fsp3) is 0.750. The first-order valence-electron chi connectivity index (χ1n) is 5.61. The van der Waals surface area contributed by atoms with Crippen molar-refractivity contribution in [2.45, 2.75) is 52.4 Å². The van der Waals surface area contributed by atoms with Crippen LogP contribution < -0.4 is 0 Å². The van der Waals surface area contributed by atoms with E-state index < -0.39 is 0 Å². The minimum absolute atomic E-state index is 0.105.